The van der Waals surface area contributed by atoms with Crippen molar-refractivity contribution in [3.63, 3.8) is 0 Å². The molecule has 0 saturated carbocycles. The number of Topliss-reactive ketones (excluding diaryl/α,β-unsaturated/α-hetero) is 2. The molecule has 10 atom stereocenters. The van der Waals surface area contributed by atoms with Crippen molar-refractivity contribution in [2.24, 2.45) is 11.8 Å². The molecule has 0 N–H and O–H groups in total. The smallest absolute Gasteiger partial charge is 0.311 e. The van der Waals surface area contributed by atoms with E-state index in [-0.39, 0.29) is 61.4 Å². The summed E-state index contributed by atoms with van der Waals surface area (Å²) in [6.07, 6.45) is 7.45. The fraction of sp³-hybridized carbons (Fsp3) is 0.864. The van der Waals surface area contributed by atoms with Crippen molar-refractivity contribution < 1.29 is 50.7 Å². The zero-order valence-electron chi connectivity index (χ0n) is 58.8. The Morgan fingerprint density at radius 2 is 1.02 bits per heavy atom. The summed E-state index contributed by atoms with van der Waals surface area (Å²) in [5.74, 6) is -2.64. The van der Waals surface area contributed by atoms with Gasteiger partial charge in [0.25, 0.3) is 0 Å². The van der Waals surface area contributed by atoms with Gasteiger partial charge in [0.1, 0.15) is 24.1 Å². The largest absolute Gasteiger partial charge is 0.459 e. The number of allylic oxidation sites excluding steroid dienone is 1. The van der Waals surface area contributed by atoms with Gasteiger partial charge in [0, 0.05) is 31.0 Å². The number of hydrogen-bond acceptors (Lipinski definition) is 11. The van der Waals surface area contributed by atoms with Crippen LogP contribution < -0.4 is 0 Å². The lowest BCUT2D eigenvalue weighted by molar-refractivity contribution is -0.280. The van der Waals surface area contributed by atoms with Gasteiger partial charge in [-0.3, -0.25) is 14.4 Å². The highest BCUT2D eigenvalue weighted by Crippen LogP contribution is 2.45. The average molecular weight is 1240 g/mol. The van der Waals surface area contributed by atoms with E-state index in [9.17, 15) is 9.59 Å². The Balaban J connectivity index is 3.14. The molecule has 1 fully saturated rings. The molecule has 0 amide bonds. The molecule has 0 aromatic carbocycles. The molecule has 11 nitrogen and oxygen atoms in total. The molecular weight excluding hydrogens is 1110 g/mol. The van der Waals surface area contributed by atoms with Crippen LogP contribution in [0, 0.1) is 11.8 Å². The van der Waals surface area contributed by atoms with Crippen LogP contribution in [0.25, 0.3) is 0 Å². The van der Waals surface area contributed by atoms with Crippen molar-refractivity contribution in [1.82, 2.24) is 0 Å². The van der Waals surface area contributed by atoms with Crippen molar-refractivity contribution in [2.75, 3.05) is 0 Å². The molecule has 0 aromatic heterocycles. The molecular formula is C66H128O11Si5. The number of ketones is 2. The third kappa shape index (κ3) is 22.5. The number of ether oxygens (including phenoxy) is 3. The third-order valence-corrected chi connectivity index (χ3v) is 42.6. The van der Waals surface area contributed by atoms with Gasteiger partial charge >= 0.3 is 5.97 Å². The SMILES string of the molecule is C=C1/C=C/[C@H](O[Si](C)(C)C(C)(C)C)[C@@H](C)C(=O)O[C@H](CCCC)[C@H](O[Si](C)(C)C(C)(C)C)CC[C@H](O[Si](C)(C)C(C)(C)C)C[C@H](O[Si](C)(C)C(C)(C)C)CC[C@H]2OC(C)(C)O[C@H](C/C(C)=C/[C@@H](C)C(=O)C[C@@H]1O[Si](C)(C)C(C)(C)C)C2=O. The van der Waals surface area contributed by atoms with Crippen LogP contribution in [0.2, 0.25) is 90.7 Å². The second-order valence-electron chi connectivity index (χ2n) is 33.0. The third-order valence-electron chi connectivity index (χ3n) is 20.0. The summed E-state index contributed by atoms with van der Waals surface area (Å²) in [6.45, 7) is 72.6. The summed E-state index contributed by atoms with van der Waals surface area (Å²) >= 11 is 0. The van der Waals surface area contributed by atoms with Gasteiger partial charge in [-0.15, -0.1) is 0 Å². The standard InChI is InChI=1S/C66H128O11Si5/c1-33-34-35-54-55(76-81(29,30)64(15,16)17)40-37-50(73-78(23,24)61(6,7)8)44-51(74-79(25,26)62(9,10)11)38-41-56-59(68)58(72-66(21,22)71-56)43-46(2)42-48(4)52(67)45-57(77-82(31,32)65(18,19)20)47(3)36-39-53(49(5)60(69)70-54)75-80(27,28)63(12,13)14/h36,39,42,48-51,53-58H,3,33-35,37-38,40-41,43-45H2,1-2,4-32H3/b39-36+,46-42+/t48-,49-,50+,51-,53+,54-,55-,56-,57+,58-/m1/s1. The second-order valence-corrected chi connectivity index (χ2v) is 56.8. The van der Waals surface area contributed by atoms with Gasteiger partial charge in [0.15, 0.2) is 53.2 Å². The maximum atomic E-state index is 15.3. The molecule has 16 heteroatoms. The van der Waals surface area contributed by atoms with E-state index in [1.54, 1.807) is 0 Å². The van der Waals surface area contributed by atoms with Crippen LogP contribution in [0.5, 0.6) is 0 Å². The maximum Gasteiger partial charge on any atom is 0.311 e. The predicted octanol–water partition coefficient (Wildman–Crippen LogP) is 18.8. The van der Waals surface area contributed by atoms with E-state index in [0.29, 0.717) is 50.5 Å². The van der Waals surface area contributed by atoms with Gasteiger partial charge in [-0.1, -0.05) is 155 Å². The fourth-order valence-corrected chi connectivity index (χ4v) is 16.0. The molecule has 0 spiro atoms. The van der Waals surface area contributed by atoms with Gasteiger partial charge in [-0.25, -0.2) is 0 Å². The van der Waals surface area contributed by atoms with E-state index in [4.69, 9.17) is 36.3 Å². The number of fused-ring (bicyclic) bond motifs is 2. The molecule has 0 radical (unpaired) electrons. The second kappa shape index (κ2) is 29.0. The molecule has 2 heterocycles. The minimum atomic E-state index is -2.51. The highest BCUT2D eigenvalue weighted by molar-refractivity contribution is 6.75. The highest BCUT2D eigenvalue weighted by Gasteiger charge is 2.48. The lowest BCUT2D eigenvalue weighted by Gasteiger charge is -2.44. The van der Waals surface area contributed by atoms with E-state index >= 15 is 4.79 Å². The van der Waals surface area contributed by atoms with Crippen LogP contribution >= 0.6 is 0 Å². The van der Waals surface area contributed by atoms with E-state index in [0.717, 1.165) is 18.4 Å². The minimum absolute atomic E-state index is 0.00120. The average Bonchev–Trinajstić information content (AvgIpc) is 3.30. The van der Waals surface area contributed by atoms with Crippen molar-refractivity contribution in [3.8, 4) is 0 Å². The first-order valence-electron chi connectivity index (χ1n) is 31.7. The number of rotatable bonds is 13. The van der Waals surface area contributed by atoms with Crippen LogP contribution in [0.4, 0.5) is 0 Å². The minimum Gasteiger partial charge on any atom is -0.459 e. The Labute approximate surface area is 509 Å². The molecule has 82 heavy (non-hydrogen) atoms. The summed E-state index contributed by atoms with van der Waals surface area (Å²) in [6, 6.07) is 0. The maximum absolute atomic E-state index is 15.3. The molecule has 0 unspecified atom stereocenters. The van der Waals surface area contributed by atoms with Crippen LogP contribution in [0.3, 0.4) is 0 Å². The number of carbonyl (C=O) groups excluding carboxylic acids is 3. The molecule has 478 valence electrons. The van der Waals surface area contributed by atoms with Crippen molar-refractivity contribution in [3.05, 3.63) is 36.0 Å². The summed E-state index contributed by atoms with van der Waals surface area (Å²) < 4.78 is 56.9. The number of carbonyl (C=O) groups is 3. The van der Waals surface area contributed by atoms with Crippen LogP contribution in [-0.4, -0.2) is 114 Å². The van der Waals surface area contributed by atoms with E-state index in [1.807, 2.05) is 52.8 Å². The number of unbranched alkanes of at least 4 members (excludes halogenated alkanes) is 1. The van der Waals surface area contributed by atoms with Gasteiger partial charge < -0.3 is 36.3 Å². The topological polar surface area (TPSA) is 125 Å². The van der Waals surface area contributed by atoms with Crippen LogP contribution in [0.1, 0.15) is 210 Å². The number of hydrogen-bond donors (Lipinski definition) is 0. The van der Waals surface area contributed by atoms with Gasteiger partial charge in [0.05, 0.1) is 24.2 Å². The normalized spacial score (nSPS) is 29.2. The Bertz CT molecular complexity index is 2160. The Morgan fingerprint density at radius 1 is 0.598 bits per heavy atom. The fourth-order valence-electron chi connectivity index (χ4n) is 9.17. The monoisotopic (exact) mass is 1240 g/mol. The highest BCUT2D eigenvalue weighted by atomic mass is 28.4. The zero-order valence-corrected chi connectivity index (χ0v) is 63.8. The van der Waals surface area contributed by atoms with Crippen LogP contribution in [0.15, 0.2) is 36.0 Å². The summed E-state index contributed by atoms with van der Waals surface area (Å²) in [5.41, 5.74) is 1.53. The predicted molar refractivity (Wildman–Crippen MR) is 356 cm³/mol. The zero-order chi connectivity index (χ0) is 64.0. The van der Waals surface area contributed by atoms with Gasteiger partial charge in [-0.2, -0.15) is 0 Å². The lowest BCUT2D eigenvalue weighted by atomic mass is 9.92. The summed E-state index contributed by atoms with van der Waals surface area (Å²) in [4.78, 5) is 44.6. The van der Waals surface area contributed by atoms with E-state index in [2.05, 4.69) is 183 Å². The molecule has 2 rings (SSSR count). The first-order chi connectivity index (χ1) is 36.6. The summed E-state index contributed by atoms with van der Waals surface area (Å²) in [5, 5.41) is -0.578. The Hall–Kier alpha value is -1.17. The van der Waals surface area contributed by atoms with E-state index < -0.39 is 95.8 Å². The molecule has 0 aromatic rings. The molecule has 2 bridgehead atoms. The van der Waals surface area contributed by atoms with E-state index in [1.165, 1.54) is 0 Å². The quantitative estimate of drug-likeness (QED) is 0.0994. The van der Waals surface area contributed by atoms with Crippen LogP contribution in [-0.2, 0) is 50.7 Å². The van der Waals surface area contributed by atoms with Gasteiger partial charge in [-0.05, 0) is 169 Å². The molecule has 0 aliphatic carbocycles. The van der Waals surface area contributed by atoms with Gasteiger partial charge in [0.2, 0.25) is 0 Å². The Kier molecular flexibility index (Phi) is 27.2. The summed E-state index contributed by atoms with van der Waals surface area (Å²) in [7, 11) is -12.2. The van der Waals surface area contributed by atoms with Crippen molar-refractivity contribution in [1.29, 1.82) is 0 Å². The molecule has 2 aliphatic rings. The van der Waals surface area contributed by atoms with Crippen molar-refractivity contribution in [2.45, 2.75) is 355 Å². The lowest BCUT2D eigenvalue weighted by Crippen LogP contribution is -2.52. The molecule has 2 aliphatic heterocycles. The first kappa shape index (κ1) is 76.9. The number of cyclic esters (lactones) is 1. The first-order valence-corrected chi connectivity index (χ1v) is 46.2. The number of esters is 1. The Morgan fingerprint density at radius 3 is 1.49 bits per heavy atom. The molecule has 1 saturated heterocycles. The van der Waals surface area contributed by atoms with Crippen molar-refractivity contribution >= 4 is 59.1 Å².